The van der Waals surface area contributed by atoms with E-state index in [-0.39, 0.29) is 18.6 Å². The number of para-hydroxylation sites is 1. The van der Waals surface area contributed by atoms with Crippen molar-refractivity contribution in [3.63, 3.8) is 0 Å². The summed E-state index contributed by atoms with van der Waals surface area (Å²) in [5.74, 6) is 0.819. The third kappa shape index (κ3) is 7.46. The maximum atomic E-state index is 9.95. The maximum absolute atomic E-state index is 9.95. The molecule has 1 atom stereocenters. The van der Waals surface area contributed by atoms with E-state index in [4.69, 9.17) is 9.84 Å². The fourth-order valence-corrected chi connectivity index (χ4v) is 2.19. The molecule has 0 fully saturated rings. The predicted molar refractivity (Wildman–Crippen MR) is 85.7 cm³/mol. The minimum atomic E-state index is -0.529. The zero-order valence-corrected chi connectivity index (χ0v) is 13.4. The van der Waals surface area contributed by atoms with E-state index in [1.165, 1.54) is 0 Å². The van der Waals surface area contributed by atoms with Gasteiger partial charge in [-0.1, -0.05) is 32.0 Å². The van der Waals surface area contributed by atoms with Crippen LogP contribution < -0.4 is 10.1 Å². The largest absolute Gasteiger partial charge is 0.491 e. The van der Waals surface area contributed by atoms with E-state index in [2.05, 4.69) is 19.2 Å². The van der Waals surface area contributed by atoms with Crippen LogP contribution >= 0.6 is 0 Å². The molecule has 0 amide bonds. The van der Waals surface area contributed by atoms with E-state index < -0.39 is 6.10 Å². The lowest BCUT2D eigenvalue weighted by molar-refractivity contribution is 0.102. The number of aliphatic hydroxyl groups excluding tert-OH is 2. The molecule has 0 aliphatic rings. The summed E-state index contributed by atoms with van der Waals surface area (Å²) in [6, 6.07) is 7.79. The van der Waals surface area contributed by atoms with Crippen molar-refractivity contribution in [3.8, 4) is 5.75 Å². The van der Waals surface area contributed by atoms with Crippen LogP contribution in [0.15, 0.2) is 24.3 Å². The van der Waals surface area contributed by atoms with E-state index in [0.717, 1.165) is 30.7 Å². The van der Waals surface area contributed by atoms with Crippen LogP contribution in [0, 0.1) is 12.3 Å². The quantitative estimate of drug-likeness (QED) is 0.619. The molecule has 4 nitrogen and oxygen atoms in total. The molecule has 1 rings (SSSR count). The predicted octanol–water partition coefficient (Wildman–Crippen LogP) is 2.12. The van der Waals surface area contributed by atoms with Crippen molar-refractivity contribution in [2.24, 2.45) is 5.41 Å². The molecule has 0 saturated heterocycles. The molecule has 0 aliphatic carbocycles. The third-order valence-corrected chi connectivity index (χ3v) is 3.52. The molecule has 0 heterocycles. The number of hydrogen-bond donors (Lipinski definition) is 3. The first kappa shape index (κ1) is 18.0. The molecule has 0 bridgehead atoms. The second kappa shape index (κ2) is 9.03. The normalized spacial score (nSPS) is 13.2. The molecular formula is C17H29NO3. The summed E-state index contributed by atoms with van der Waals surface area (Å²) >= 11 is 0. The Balaban J connectivity index is 2.22. The summed E-state index contributed by atoms with van der Waals surface area (Å²) in [5, 5.41) is 22.1. The average Bonchev–Trinajstić information content (AvgIpc) is 2.44. The molecule has 1 unspecified atom stereocenters. The Labute approximate surface area is 128 Å². The lowest BCUT2D eigenvalue weighted by Crippen LogP contribution is -2.37. The van der Waals surface area contributed by atoms with Crippen LogP contribution in [0.4, 0.5) is 0 Å². The number of ether oxygens (including phenoxy) is 1. The minimum Gasteiger partial charge on any atom is -0.491 e. The van der Waals surface area contributed by atoms with Gasteiger partial charge in [0.25, 0.3) is 0 Å². The Morgan fingerprint density at radius 3 is 2.67 bits per heavy atom. The number of nitrogens with one attached hydrogen (secondary N) is 1. The fraction of sp³-hybridized carbons (Fsp3) is 0.647. The summed E-state index contributed by atoms with van der Waals surface area (Å²) in [4.78, 5) is 0. The van der Waals surface area contributed by atoms with Gasteiger partial charge in [-0.25, -0.2) is 0 Å². The van der Waals surface area contributed by atoms with Crippen molar-refractivity contribution < 1.29 is 14.9 Å². The summed E-state index contributed by atoms with van der Waals surface area (Å²) < 4.78 is 5.62. The molecule has 0 spiro atoms. The van der Waals surface area contributed by atoms with Crippen LogP contribution in [0.25, 0.3) is 0 Å². The zero-order valence-electron chi connectivity index (χ0n) is 13.4. The highest BCUT2D eigenvalue weighted by molar-refractivity contribution is 5.31. The fourth-order valence-electron chi connectivity index (χ4n) is 2.19. The molecule has 4 heteroatoms. The zero-order chi connectivity index (χ0) is 15.7. The second-order valence-electron chi connectivity index (χ2n) is 6.35. The summed E-state index contributed by atoms with van der Waals surface area (Å²) in [6.45, 7) is 8.15. The van der Waals surface area contributed by atoms with Gasteiger partial charge in [0.05, 0.1) is 0 Å². The van der Waals surface area contributed by atoms with Crippen LogP contribution in [-0.4, -0.2) is 42.6 Å². The Morgan fingerprint density at radius 2 is 2.00 bits per heavy atom. The van der Waals surface area contributed by atoms with E-state index in [0.29, 0.717) is 6.54 Å². The van der Waals surface area contributed by atoms with E-state index in [1.807, 2.05) is 31.2 Å². The summed E-state index contributed by atoms with van der Waals surface area (Å²) in [7, 11) is 0. The van der Waals surface area contributed by atoms with E-state index >= 15 is 0 Å². The van der Waals surface area contributed by atoms with Gasteiger partial charge in [-0.3, -0.25) is 0 Å². The molecule has 3 N–H and O–H groups in total. The SMILES string of the molecule is Cc1ccccc1OCC(O)CNCC(C)(C)CCCO. The molecule has 1 aromatic carbocycles. The first-order valence-corrected chi connectivity index (χ1v) is 7.63. The molecular weight excluding hydrogens is 266 g/mol. The van der Waals surface area contributed by atoms with Crippen LogP contribution in [0.3, 0.4) is 0 Å². The lowest BCUT2D eigenvalue weighted by atomic mass is 9.88. The number of benzene rings is 1. The van der Waals surface area contributed by atoms with Gasteiger partial charge in [0.1, 0.15) is 18.5 Å². The highest BCUT2D eigenvalue weighted by Gasteiger charge is 2.17. The standard InChI is InChI=1S/C17H29NO3/c1-14-7-4-5-8-16(14)21-12-15(20)11-18-13-17(2,3)9-6-10-19/h4-5,7-8,15,18-20H,6,9-13H2,1-3H3. The minimum absolute atomic E-state index is 0.124. The van der Waals surface area contributed by atoms with Gasteiger partial charge in [0.15, 0.2) is 0 Å². The third-order valence-electron chi connectivity index (χ3n) is 3.52. The van der Waals surface area contributed by atoms with Gasteiger partial charge < -0.3 is 20.3 Å². The van der Waals surface area contributed by atoms with Gasteiger partial charge in [0.2, 0.25) is 0 Å². The van der Waals surface area contributed by atoms with Gasteiger partial charge in [-0.05, 0) is 36.8 Å². The molecule has 21 heavy (non-hydrogen) atoms. The van der Waals surface area contributed by atoms with Crippen molar-refractivity contribution in [1.29, 1.82) is 0 Å². The number of aryl methyl sites for hydroxylation is 1. The van der Waals surface area contributed by atoms with Gasteiger partial charge in [-0.15, -0.1) is 0 Å². The molecule has 1 aromatic rings. The first-order valence-electron chi connectivity index (χ1n) is 7.63. The Morgan fingerprint density at radius 1 is 1.29 bits per heavy atom. The Bertz CT molecular complexity index is 407. The molecule has 120 valence electrons. The topological polar surface area (TPSA) is 61.7 Å². The second-order valence-corrected chi connectivity index (χ2v) is 6.35. The van der Waals surface area contributed by atoms with Crippen LogP contribution in [0.2, 0.25) is 0 Å². The van der Waals surface area contributed by atoms with E-state index in [9.17, 15) is 5.11 Å². The highest BCUT2D eigenvalue weighted by Crippen LogP contribution is 2.20. The highest BCUT2D eigenvalue weighted by atomic mass is 16.5. The van der Waals surface area contributed by atoms with E-state index in [1.54, 1.807) is 0 Å². The van der Waals surface area contributed by atoms with Crippen molar-refractivity contribution in [1.82, 2.24) is 5.32 Å². The van der Waals surface area contributed by atoms with Crippen LogP contribution in [0.5, 0.6) is 5.75 Å². The molecule has 0 aromatic heterocycles. The summed E-state index contributed by atoms with van der Waals surface area (Å²) in [5.41, 5.74) is 1.20. The Hall–Kier alpha value is -1.10. The monoisotopic (exact) mass is 295 g/mol. The summed E-state index contributed by atoms with van der Waals surface area (Å²) in [6.07, 6.45) is 1.25. The van der Waals surface area contributed by atoms with Gasteiger partial charge in [-0.2, -0.15) is 0 Å². The first-order chi connectivity index (χ1) is 9.94. The van der Waals surface area contributed by atoms with Crippen molar-refractivity contribution >= 4 is 0 Å². The molecule has 0 saturated carbocycles. The molecule has 0 radical (unpaired) electrons. The Kier molecular flexibility index (Phi) is 7.72. The average molecular weight is 295 g/mol. The lowest BCUT2D eigenvalue weighted by Gasteiger charge is -2.25. The van der Waals surface area contributed by atoms with Crippen molar-refractivity contribution in [3.05, 3.63) is 29.8 Å². The van der Waals surface area contributed by atoms with Gasteiger partial charge >= 0.3 is 0 Å². The smallest absolute Gasteiger partial charge is 0.122 e. The maximum Gasteiger partial charge on any atom is 0.122 e. The van der Waals surface area contributed by atoms with Crippen molar-refractivity contribution in [2.75, 3.05) is 26.3 Å². The molecule has 0 aliphatic heterocycles. The van der Waals surface area contributed by atoms with Gasteiger partial charge in [0, 0.05) is 19.7 Å². The van der Waals surface area contributed by atoms with Crippen molar-refractivity contribution in [2.45, 2.75) is 39.7 Å². The number of rotatable bonds is 10. The number of aliphatic hydroxyl groups is 2. The van der Waals surface area contributed by atoms with Crippen LogP contribution in [-0.2, 0) is 0 Å². The number of hydrogen-bond acceptors (Lipinski definition) is 4. The van der Waals surface area contributed by atoms with Crippen LogP contribution in [0.1, 0.15) is 32.3 Å².